The van der Waals surface area contributed by atoms with Crippen LogP contribution in [0.4, 0.5) is 4.39 Å². The van der Waals surface area contributed by atoms with Crippen molar-refractivity contribution in [3.05, 3.63) is 67.5 Å². The molecule has 1 nitrogen and oxygen atoms in total. The zero-order valence-electron chi connectivity index (χ0n) is 10.5. The molecule has 0 bridgehead atoms. The van der Waals surface area contributed by atoms with E-state index in [1.54, 1.807) is 6.07 Å². The highest BCUT2D eigenvalue weighted by atomic mass is 127. The molecule has 2 aromatic carbocycles. The molecule has 1 unspecified atom stereocenters. The molecule has 0 radical (unpaired) electrons. The molecule has 2 aromatic rings. The van der Waals surface area contributed by atoms with Gasteiger partial charge in [-0.15, -0.1) is 0 Å². The molecule has 0 saturated carbocycles. The molecule has 0 saturated heterocycles. The van der Waals surface area contributed by atoms with Crippen molar-refractivity contribution < 1.29 is 4.39 Å². The van der Waals surface area contributed by atoms with E-state index >= 15 is 0 Å². The summed E-state index contributed by atoms with van der Waals surface area (Å²) in [4.78, 5) is 0. The Bertz CT molecular complexity index is 557. The van der Waals surface area contributed by atoms with Gasteiger partial charge in [-0.25, -0.2) is 4.39 Å². The Morgan fingerprint density at radius 3 is 2.53 bits per heavy atom. The molecule has 0 fully saturated rings. The lowest BCUT2D eigenvalue weighted by Gasteiger charge is -2.18. The largest absolute Gasteiger partial charge is 0.313 e. The summed E-state index contributed by atoms with van der Waals surface area (Å²) >= 11 is 5.61. The van der Waals surface area contributed by atoms with Crippen LogP contribution in [0.2, 0.25) is 0 Å². The van der Waals surface area contributed by atoms with E-state index in [0.29, 0.717) is 4.47 Å². The van der Waals surface area contributed by atoms with Crippen LogP contribution in [-0.2, 0) is 6.42 Å². The minimum atomic E-state index is -0.213. The average Bonchev–Trinajstić information content (AvgIpc) is 2.42. The van der Waals surface area contributed by atoms with Gasteiger partial charge < -0.3 is 5.32 Å². The number of halogens is 3. The molecular weight excluding hydrogens is 420 g/mol. The van der Waals surface area contributed by atoms with E-state index in [1.807, 2.05) is 13.1 Å². The SMILES string of the molecule is CNC(Cc1cccc(F)c1Br)c1ccc(I)cc1. The standard InChI is InChI=1S/C15H14BrFIN/c1-19-14(10-5-7-12(18)8-6-10)9-11-3-2-4-13(17)15(11)16/h2-8,14,19H,9H2,1H3. The van der Waals surface area contributed by atoms with Crippen LogP contribution in [-0.4, -0.2) is 7.05 Å². The van der Waals surface area contributed by atoms with Crippen LogP contribution in [0.25, 0.3) is 0 Å². The van der Waals surface area contributed by atoms with E-state index in [1.165, 1.54) is 15.2 Å². The smallest absolute Gasteiger partial charge is 0.137 e. The van der Waals surface area contributed by atoms with Crippen LogP contribution in [0.1, 0.15) is 17.2 Å². The highest BCUT2D eigenvalue weighted by molar-refractivity contribution is 14.1. The maximum absolute atomic E-state index is 13.5. The van der Waals surface area contributed by atoms with Crippen molar-refractivity contribution in [1.29, 1.82) is 0 Å². The number of benzene rings is 2. The highest BCUT2D eigenvalue weighted by Crippen LogP contribution is 2.26. The summed E-state index contributed by atoms with van der Waals surface area (Å²) in [6, 6.07) is 13.7. The van der Waals surface area contributed by atoms with Crippen molar-refractivity contribution in [2.45, 2.75) is 12.5 Å². The fourth-order valence-corrected chi connectivity index (χ4v) is 2.79. The molecule has 0 aliphatic rings. The first-order valence-corrected chi connectivity index (χ1v) is 7.84. The molecular formula is C15H14BrFIN. The van der Waals surface area contributed by atoms with Crippen LogP contribution in [0.15, 0.2) is 46.9 Å². The van der Waals surface area contributed by atoms with Crippen LogP contribution in [0.3, 0.4) is 0 Å². The van der Waals surface area contributed by atoms with E-state index in [2.05, 4.69) is 68.1 Å². The second-order valence-corrected chi connectivity index (χ2v) is 6.35. The van der Waals surface area contributed by atoms with Gasteiger partial charge in [0.15, 0.2) is 0 Å². The normalized spacial score (nSPS) is 12.4. The topological polar surface area (TPSA) is 12.0 Å². The fraction of sp³-hybridized carbons (Fsp3) is 0.200. The number of hydrogen-bond donors (Lipinski definition) is 1. The minimum Gasteiger partial charge on any atom is -0.313 e. The number of hydrogen-bond acceptors (Lipinski definition) is 1. The van der Waals surface area contributed by atoms with Crippen LogP contribution in [0.5, 0.6) is 0 Å². The third-order valence-corrected chi connectivity index (χ3v) is 4.68. The Kier molecular flexibility index (Phi) is 5.36. The molecule has 0 spiro atoms. The summed E-state index contributed by atoms with van der Waals surface area (Å²) < 4.78 is 15.3. The van der Waals surface area contributed by atoms with Crippen molar-refractivity contribution >= 4 is 38.5 Å². The Labute approximate surface area is 134 Å². The third-order valence-electron chi connectivity index (χ3n) is 3.08. The van der Waals surface area contributed by atoms with Crippen molar-refractivity contribution in [2.75, 3.05) is 7.05 Å². The second-order valence-electron chi connectivity index (χ2n) is 4.31. The van der Waals surface area contributed by atoms with E-state index in [0.717, 1.165) is 12.0 Å². The lowest BCUT2D eigenvalue weighted by Crippen LogP contribution is -2.19. The van der Waals surface area contributed by atoms with Crippen molar-refractivity contribution in [3.63, 3.8) is 0 Å². The monoisotopic (exact) mass is 433 g/mol. The number of rotatable bonds is 4. The number of nitrogens with one attached hydrogen (secondary N) is 1. The van der Waals surface area contributed by atoms with E-state index in [4.69, 9.17) is 0 Å². The van der Waals surface area contributed by atoms with Crippen LogP contribution >= 0.6 is 38.5 Å². The van der Waals surface area contributed by atoms with Gasteiger partial charge in [-0.05, 0) is 81.3 Å². The van der Waals surface area contributed by atoms with Gasteiger partial charge in [0.1, 0.15) is 5.82 Å². The summed E-state index contributed by atoms with van der Waals surface area (Å²) in [6.07, 6.45) is 0.745. The maximum Gasteiger partial charge on any atom is 0.137 e. The molecule has 1 atom stereocenters. The average molecular weight is 434 g/mol. The zero-order chi connectivity index (χ0) is 13.8. The Morgan fingerprint density at radius 1 is 1.21 bits per heavy atom. The Morgan fingerprint density at radius 2 is 1.89 bits per heavy atom. The molecule has 0 aliphatic heterocycles. The lowest BCUT2D eigenvalue weighted by atomic mass is 9.99. The second kappa shape index (κ2) is 6.81. The Balaban J connectivity index is 2.24. The summed E-state index contributed by atoms with van der Waals surface area (Å²) in [6.45, 7) is 0. The van der Waals surface area contributed by atoms with Gasteiger partial charge in [0, 0.05) is 9.61 Å². The molecule has 100 valence electrons. The number of likely N-dealkylation sites (N-methyl/N-ethyl adjacent to an activating group) is 1. The maximum atomic E-state index is 13.5. The van der Waals surface area contributed by atoms with Crippen molar-refractivity contribution in [3.8, 4) is 0 Å². The summed E-state index contributed by atoms with van der Waals surface area (Å²) in [7, 11) is 1.93. The van der Waals surface area contributed by atoms with E-state index < -0.39 is 0 Å². The first-order chi connectivity index (χ1) is 9.11. The summed E-state index contributed by atoms with van der Waals surface area (Å²) in [5, 5.41) is 3.29. The Hall–Kier alpha value is -0.460. The molecule has 2 rings (SSSR count). The summed E-state index contributed by atoms with van der Waals surface area (Å²) in [5.41, 5.74) is 2.18. The van der Waals surface area contributed by atoms with Crippen molar-refractivity contribution in [1.82, 2.24) is 5.32 Å². The van der Waals surface area contributed by atoms with Gasteiger partial charge in [-0.3, -0.25) is 0 Å². The molecule has 19 heavy (non-hydrogen) atoms. The van der Waals surface area contributed by atoms with E-state index in [9.17, 15) is 4.39 Å². The van der Waals surface area contributed by atoms with Gasteiger partial charge in [0.05, 0.1) is 4.47 Å². The zero-order valence-corrected chi connectivity index (χ0v) is 14.2. The molecule has 0 heterocycles. The first-order valence-electron chi connectivity index (χ1n) is 5.97. The lowest BCUT2D eigenvalue weighted by molar-refractivity contribution is 0.580. The molecule has 0 aliphatic carbocycles. The molecule has 1 N–H and O–H groups in total. The first kappa shape index (κ1) is 14.9. The van der Waals surface area contributed by atoms with Crippen LogP contribution < -0.4 is 5.32 Å². The quantitative estimate of drug-likeness (QED) is 0.689. The molecule has 0 aromatic heterocycles. The minimum absolute atomic E-state index is 0.176. The van der Waals surface area contributed by atoms with Gasteiger partial charge >= 0.3 is 0 Å². The third kappa shape index (κ3) is 3.77. The fourth-order valence-electron chi connectivity index (χ4n) is 2.01. The highest BCUT2D eigenvalue weighted by Gasteiger charge is 2.13. The van der Waals surface area contributed by atoms with Gasteiger partial charge in [-0.1, -0.05) is 24.3 Å². The van der Waals surface area contributed by atoms with Gasteiger partial charge in [0.2, 0.25) is 0 Å². The van der Waals surface area contributed by atoms with Crippen molar-refractivity contribution in [2.24, 2.45) is 0 Å². The molecule has 4 heteroatoms. The van der Waals surface area contributed by atoms with Gasteiger partial charge in [-0.2, -0.15) is 0 Å². The van der Waals surface area contributed by atoms with Crippen LogP contribution in [0, 0.1) is 9.39 Å². The van der Waals surface area contributed by atoms with E-state index in [-0.39, 0.29) is 11.9 Å². The van der Waals surface area contributed by atoms with Gasteiger partial charge in [0.25, 0.3) is 0 Å². The predicted molar refractivity (Wildman–Crippen MR) is 88.8 cm³/mol. The summed E-state index contributed by atoms with van der Waals surface area (Å²) in [5.74, 6) is -0.213. The predicted octanol–water partition coefficient (Wildman–Crippen LogP) is 4.70. The molecule has 0 amide bonds.